The molecule has 0 heterocycles. The molecule has 0 aromatic heterocycles. The van der Waals surface area contributed by atoms with Crippen molar-refractivity contribution in [2.45, 2.75) is 129 Å². The minimum Gasteiger partial charge on any atom is -0.507 e. The summed E-state index contributed by atoms with van der Waals surface area (Å²) in [5.41, 5.74) is 5.22. The zero-order chi connectivity index (χ0) is 39.0. The molecule has 6 rings (SSSR count). The van der Waals surface area contributed by atoms with Crippen molar-refractivity contribution in [3.63, 3.8) is 0 Å². The van der Waals surface area contributed by atoms with E-state index in [0.717, 1.165) is 66.3 Å². The molecule has 5 atom stereocenters. The van der Waals surface area contributed by atoms with Crippen LogP contribution < -0.4 is 4.74 Å². The van der Waals surface area contributed by atoms with Crippen molar-refractivity contribution in [3.8, 4) is 29.1 Å². The van der Waals surface area contributed by atoms with Crippen molar-refractivity contribution in [2.24, 2.45) is 27.7 Å². The van der Waals surface area contributed by atoms with Gasteiger partial charge in [-0.25, -0.2) is 0 Å². The van der Waals surface area contributed by atoms with E-state index in [2.05, 4.69) is 98.4 Å². The fourth-order valence-corrected chi connectivity index (χ4v) is 7.95. The van der Waals surface area contributed by atoms with Crippen LogP contribution in [0.1, 0.15) is 140 Å². The molecular formula is C48H58N2O4. The summed E-state index contributed by atoms with van der Waals surface area (Å²) in [4.78, 5) is 22.9. The van der Waals surface area contributed by atoms with Crippen LogP contribution in [0.25, 0.3) is 0 Å². The molecule has 0 aliphatic heterocycles. The van der Waals surface area contributed by atoms with Gasteiger partial charge in [0.1, 0.15) is 17.2 Å². The van der Waals surface area contributed by atoms with Gasteiger partial charge in [-0.3, -0.25) is 14.8 Å². The summed E-state index contributed by atoms with van der Waals surface area (Å²) in [5.74, 6) is 8.21. The number of nitrogens with zero attached hydrogens (tertiary/aromatic N) is 2. The van der Waals surface area contributed by atoms with Crippen LogP contribution in [0.4, 0.5) is 0 Å². The quantitative estimate of drug-likeness (QED) is 0.0870. The SMILES string of the molecule is CC(C)(C)c1cc(C=N[C@@H]2CCCC[C@H]2N=Cc2cc(C#Cc3ccc(OC(=O)C4C[C@@H]5C=C[C@H]4C5)cc3)cc(C(C)(C)C)c2O)c(O)c(C(C)(C)C)c1. The Bertz CT molecular complexity index is 2020. The number of rotatable bonds is 6. The molecule has 54 heavy (non-hydrogen) atoms. The number of hydrogen-bond donors (Lipinski definition) is 2. The van der Waals surface area contributed by atoms with Gasteiger partial charge in [-0.05, 0) is 102 Å². The zero-order valence-corrected chi connectivity index (χ0v) is 33.7. The normalized spacial score (nSPS) is 22.9. The van der Waals surface area contributed by atoms with Crippen molar-refractivity contribution in [1.29, 1.82) is 0 Å². The van der Waals surface area contributed by atoms with Gasteiger partial charge in [0.15, 0.2) is 0 Å². The first-order valence-electron chi connectivity index (χ1n) is 19.7. The lowest BCUT2D eigenvalue weighted by Gasteiger charge is -2.28. The average Bonchev–Trinajstić information content (AvgIpc) is 3.74. The number of carbonyl (C=O) groups is 1. The first-order valence-corrected chi connectivity index (χ1v) is 19.7. The number of ether oxygens (including phenoxy) is 1. The second kappa shape index (κ2) is 15.2. The second-order valence-corrected chi connectivity index (χ2v) is 18.7. The molecule has 0 radical (unpaired) electrons. The van der Waals surface area contributed by atoms with Crippen LogP contribution in [-0.4, -0.2) is 40.7 Å². The minimum atomic E-state index is -0.322. The molecule has 0 spiro atoms. The van der Waals surface area contributed by atoms with E-state index in [1.165, 1.54) is 5.56 Å². The Labute approximate surface area is 322 Å². The van der Waals surface area contributed by atoms with Gasteiger partial charge < -0.3 is 14.9 Å². The summed E-state index contributed by atoms with van der Waals surface area (Å²) in [6.45, 7) is 19.2. The number of carbonyl (C=O) groups excluding carboxylic acids is 1. The molecule has 3 aromatic rings. The summed E-state index contributed by atoms with van der Waals surface area (Å²) < 4.78 is 5.73. The van der Waals surface area contributed by atoms with Crippen LogP contribution in [0.3, 0.4) is 0 Å². The Morgan fingerprint density at radius 3 is 1.78 bits per heavy atom. The van der Waals surface area contributed by atoms with E-state index < -0.39 is 0 Å². The summed E-state index contributed by atoms with van der Waals surface area (Å²) >= 11 is 0. The largest absolute Gasteiger partial charge is 0.507 e. The topological polar surface area (TPSA) is 91.5 Å². The molecule has 2 bridgehead atoms. The lowest BCUT2D eigenvalue weighted by atomic mass is 9.79. The highest BCUT2D eigenvalue weighted by molar-refractivity contribution is 5.86. The van der Waals surface area contributed by atoms with Crippen molar-refractivity contribution >= 4 is 18.4 Å². The lowest BCUT2D eigenvalue weighted by Crippen LogP contribution is -2.27. The molecule has 3 aromatic carbocycles. The van der Waals surface area contributed by atoms with E-state index in [1.54, 1.807) is 18.3 Å². The number of benzene rings is 3. The van der Waals surface area contributed by atoms with E-state index in [4.69, 9.17) is 14.7 Å². The number of aromatic hydroxyl groups is 2. The number of aliphatic imine (C=N–C) groups is 2. The number of phenolic OH excluding ortho intramolecular Hbond substituents is 2. The maximum Gasteiger partial charge on any atom is 0.314 e. The highest BCUT2D eigenvalue weighted by Crippen LogP contribution is 2.44. The molecule has 3 aliphatic carbocycles. The van der Waals surface area contributed by atoms with E-state index in [0.29, 0.717) is 23.1 Å². The zero-order valence-electron chi connectivity index (χ0n) is 33.7. The monoisotopic (exact) mass is 726 g/mol. The third-order valence-corrected chi connectivity index (χ3v) is 11.3. The van der Waals surface area contributed by atoms with Crippen LogP contribution in [-0.2, 0) is 21.0 Å². The van der Waals surface area contributed by atoms with Gasteiger partial charge in [-0.15, -0.1) is 0 Å². The van der Waals surface area contributed by atoms with Crippen LogP contribution >= 0.6 is 0 Å². The van der Waals surface area contributed by atoms with Gasteiger partial charge >= 0.3 is 5.97 Å². The van der Waals surface area contributed by atoms with Gasteiger partial charge in [0.2, 0.25) is 0 Å². The Balaban J connectivity index is 1.22. The number of esters is 1. The fourth-order valence-electron chi connectivity index (χ4n) is 7.95. The summed E-state index contributed by atoms with van der Waals surface area (Å²) in [6.07, 6.45) is 13.9. The Morgan fingerprint density at radius 1 is 0.704 bits per heavy atom. The Hall–Kier alpha value is -4.63. The van der Waals surface area contributed by atoms with E-state index >= 15 is 0 Å². The van der Waals surface area contributed by atoms with Gasteiger partial charge in [-0.1, -0.05) is 105 Å². The molecule has 2 N–H and O–H groups in total. The second-order valence-electron chi connectivity index (χ2n) is 18.7. The minimum absolute atomic E-state index is 0.0367. The first kappa shape index (κ1) is 39.1. The first-order chi connectivity index (χ1) is 25.4. The van der Waals surface area contributed by atoms with Crippen molar-refractivity contribution in [3.05, 3.63) is 99.6 Å². The molecule has 2 fully saturated rings. The van der Waals surface area contributed by atoms with Crippen molar-refractivity contribution in [1.82, 2.24) is 0 Å². The van der Waals surface area contributed by atoms with E-state index in [-0.39, 0.29) is 51.7 Å². The molecule has 3 aliphatic rings. The third-order valence-electron chi connectivity index (χ3n) is 11.3. The molecular weight excluding hydrogens is 669 g/mol. The van der Waals surface area contributed by atoms with Crippen LogP contribution in [0.2, 0.25) is 0 Å². The molecule has 1 unspecified atom stereocenters. The van der Waals surface area contributed by atoms with Crippen molar-refractivity contribution < 1.29 is 19.7 Å². The maximum atomic E-state index is 12.8. The summed E-state index contributed by atoms with van der Waals surface area (Å²) in [5, 5.41) is 22.8. The highest BCUT2D eigenvalue weighted by Gasteiger charge is 2.41. The van der Waals surface area contributed by atoms with E-state index in [9.17, 15) is 15.0 Å². The van der Waals surface area contributed by atoms with Gasteiger partial charge in [0.05, 0.1) is 18.0 Å². The van der Waals surface area contributed by atoms with Gasteiger partial charge in [0.25, 0.3) is 0 Å². The number of phenols is 2. The molecule has 0 saturated heterocycles. The maximum absolute atomic E-state index is 12.8. The van der Waals surface area contributed by atoms with Crippen molar-refractivity contribution in [2.75, 3.05) is 0 Å². The standard InChI is InChI=1S/C48H58N2O4/c1-46(2,3)36-26-35(44(52)40(27-36)48(7,8)9)29-50-42-13-11-10-12-41(42)49-28-34-23-32(25-39(43(34)51)47(4,5)6)15-14-30-17-20-37(21-18-30)54-45(53)38-24-31-16-19-33(38)22-31/h16-21,23,25-29,31,33,38,41-42,51-52H,10-13,22,24H2,1-9H3/t31-,33+,38?,41-,42-/m1/s1. The molecule has 0 amide bonds. The molecule has 6 nitrogen and oxygen atoms in total. The van der Waals surface area contributed by atoms with Gasteiger partial charge in [0, 0.05) is 45.8 Å². The smallest absolute Gasteiger partial charge is 0.314 e. The van der Waals surface area contributed by atoms with Crippen LogP contribution in [0.15, 0.2) is 70.7 Å². The third kappa shape index (κ3) is 9.00. The molecule has 284 valence electrons. The van der Waals surface area contributed by atoms with Gasteiger partial charge in [-0.2, -0.15) is 0 Å². The predicted octanol–water partition coefficient (Wildman–Crippen LogP) is 10.4. The Kier molecular flexibility index (Phi) is 11.0. The molecule has 2 saturated carbocycles. The number of hydrogen-bond acceptors (Lipinski definition) is 6. The molecule has 6 heteroatoms. The van der Waals surface area contributed by atoms with E-state index in [1.807, 2.05) is 30.5 Å². The number of allylic oxidation sites excluding steroid dienone is 2. The van der Waals surface area contributed by atoms with Crippen LogP contribution in [0, 0.1) is 29.6 Å². The fraction of sp³-hybridized carbons (Fsp3) is 0.479. The summed E-state index contributed by atoms with van der Waals surface area (Å²) in [7, 11) is 0. The Morgan fingerprint density at radius 2 is 1.26 bits per heavy atom. The highest BCUT2D eigenvalue weighted by atomic mass is 16.5. The lowest BCUT2D eigenvalue weighted by molar-refractivity contribution is -0.139. The van der Waals surface area contributed by atoms with Crippen LogP contribution in [0.5, 0.6) is 17.2 Å². The summed E-state index contributed by atoms with van der Waals surface area (Å²) in [6, 6.07) is 15.3. The predicted molar refractivity (Wildman–Crippen MR) is 220 cm³/mol. The average molecular weight is 727 g/mol. The number of fused-ring (bicyclic) bond motifs is 2.